The van der Waals surface area contributed by atoms with Crippen molar-refractivity contribution in [3.05, 3.63) is 36.4 Å². The lowest BCUT2D eigenvalue weighted by Crippen LogP contribution is -2.08. The van der Waals surface area contributed by atoms with Crippen molar-refractivity contribution in [2.75, 3.05) is 20.6 Å². The maximum atomic E-state index is 6.00. The molecule has 9 heteroatoms. The van der Waals surface area contributed by atoms with E-state index in [1.807, 2.05) is 36.4 Å². The van der Waals surface area contributed by atoms with Gasteiger partial charge in [0, 0.05) is 0 Å². The summed E-state index contributed by atoms with van der Waals surface area (Å²) < 4.78 is 0. The SMILES string of the molecule is CCN(C)C.N=NC=NN.N=NC=NN.c1ccccc1. The number of nitrogens with zero attached hydrogens (tertiary/aromatic N) is 5. The summed E-state index contributed by atoms with van der Waals surface area (Å²) in [5.74, 6) is 8.99. The summed E-state index contributed by atoms with van der Waals surface area (Å²) in [4.78, 5) is 2.12. The lowest BCUT2D eigenvalue weighted by Gasteiger charge is -2.00. The Balaban J connectivity index is -0.000000207. The molecule has 0 aliphatic rings. The van der Waals surface area contributed by atoms with Crippen molar-refractivity contribution in [3.63, 3.8) is 0 Å². The van der Waals surface area contributed by atoms with Crippen molar-refractivity contribution in [1.82, 2.24) is 4.90 Å². The van der Waals surface area contributed by atoms with Gasteiger partial charge >= 0.3 is 0 Å². The Kier molecular flexibility index (Phi) is 29.0. The summed E-state index contributed by atoms with van der Waals surface area (Å²) in [6.45, 7) is 3.26. The molecule has 0 aromatic heterocycles. The molecule has 0 radical (unpaired) electrons. The van der Waals surface area contributed by atoms with Crippen molar-refractivity contribution in [2.45, 2.75) is 6.92 Å². The Bertz CT molecular complexity index is 306. The maximum Gasteiger partial charge on any atom is 0.156 e. The van der Waals surface area contributed by atoms with Crippen molar-refractivity contribution in [2.24, 2.45) is 32.1 Å². The zero-order valence-electron chi connectivity index (χ0n) is 12.7. The van der Waals surface area contributed by atoms with Crippen LogP contribution in [0.1, 0.15) is 6.92 Å². The smallest absolute Gasteiger partial charge is 0.156 e. The average Bonchev–Trinajstić information content (AvgIpc) is 2.52. The maximum absolute atomic E-state index is 6.00. The van der Waals surface area contributed by atoms with Gasteiger partial charge in [-0.15, -0.1) is 10.2 Å². The molecule has 6 N–H and O–H groups in total. The number of nitrogens with two attached hydrogens (primary N) is 2. The van der Waals surface area contributed by atoms with E-state index in [1.165, 1.54) is 0 Å². The molecule has 0 aliphatic carbocycles. The Labute approximate surface area is 125 Å². The average molecular weight is 295 g/mol. The van der Waals surface area contributed by atoms with Crippen molar-refractivity contribution < 1.29 is 0 Å². The third-order valence-corrected chi connectivity index (χ3v) is 1.55. The normalized spacial score (nSPS) is 8.76. The molecular formula is C12H25N9. The molecule has 0 atom stereocenters. The minimum atomic E-state index is 0.944. The Morgan fingerprint density at radius 2 is 1.10 bits per heavy atom. The van der Waals surface area contributed by atoms with E-state index in [-0.39, 0.29) is 0 Å². The fourth-order valence-electron chi connectivity index (χ4n) is 0.452. The van der Waals surface area contributed by atoms with E-state index in [1.54, 1.807) is 0 Å². The van der Waals surface area contributed by atoms with Crippen LogP contribution in [-0.4, -0.2) is 38.2 Å². The van der Waals surface area contributed by atoms with Crippen LogP contribution in [0.3, 0.4) is 0 Å². The second-order valence-electron chi connectivity index (χ2n) is 3.34. The molecule has 0 aliphatic heterocycles. The lowest BCUT2D eigenvalue weighted by atomic mass is 10.4. The minimum Gasteiger partial charge on any atom is -0.322 e. The molecule has 0 bridgehead atoms. The van der Waals surface area contributed by atoms with Crippen LogP contribution in [0, 0.1) is 11.1 Å². The first-order valence-corrected chi connectivity index (χ1v) is 5.91. The zero-order chi connectivity index (χ0) is 16.8. The third-order valence-electron chi connectivity index (χ3n) is 1.55. The fourth-order valence-corrected chi connectivity index (χ4v) is 0.452. The summed E-state index contributed by atoms with van der Waals surface area (Å²) >= 11 is 0. The quantitative estimate of drug-likeness (QED) is 0.222. The summed E-state index contributed by atoms with van der Waals surface area (Å²) in [7, 11) is 4.11. The molecule has 21 heavy (non-hydrogen) atoms. The second kappa shape index (κ2) is 26.0. The number of hydrazone groups is 2. The zero-order valence-corrected chi connectivity index (χ0v) is 12.7. The largest absolute Gasteiger partial charge is 0.322 e. The summed E-state index contributed by atoms with van der Waals surface area (Å²) in [6, 6.07) is 12.0. The number of nitrogens with one attached hydrogen (secondary N) is 2. The first-order valence-electron chi connectivity index (χ1n) is 5.91. The van der Waals surface area contributed by atoms with Gasteiger partial charge in [0.15, 0.2) is 12.7 Å². The summed E-state index contributed by atoms with van der Waals surface area (Å²) in [5.41, 5.74) is 12.0. The van der Waals surface area contributed by atoms with Crippen molar-refractivity contribution in [3.8, 4) is 0 Å². The van der Waals surface area contributed by atoms with Gasteiger partial charge in [0.2, 0.25) is 0 Å². The van der Waals surface area contributed by atoms with E-state index in [2.05, 4.69) is 58.0 Å². The number of hydrogen-bond donors (Lipinski definition) is 4. The first-order chi connectivity index (χ1) is 10.1. The van der Waals surface area contributed by atoms with E-state index in [0.29, 0.717) is 0 Å². The second-order valence-corrected chi connectivity index (χ2v) is 3.34. The Hall–Kier alpha value is -2.68. The molecule has 1 aromatic rings. The highest BCUT2D eigenvalue weighted by Crippen LogP contribution is 1.79. The number of hydrogen-bond acceptors (Lipinski definition) is 7. The topological polar surface area (TPSA) is 152 Å². The summed E-state index contributed by atoms with van der Waals surface area (Å²) in [6.07, 6.45) is 1.89. The molecule has 0 heterocycles. The molecule has 118 valence electrons. The van der Waals surface area contributed by atoms with Gasteiger partial charge < -0.3 is 16.6 Å². The van der Waals surface area contributed by atoms with Crippen LogP contribution in [0.15, 0.2) is 56.8 Å². The molecular weight excluding hydrogens is 270 g/mol. The Morgan fingerprint density at radius 1 is 0.857 bits per heavy atom. The van der Waals surface area contributed by atoms with Gasteiger partial charge in [-0.2, -0.15) is 10.2 Å². The van der Waals surface area contributed by atoms with E-state index < -0.39 is 0 Å². The van der Waals surface area contributed by atoms with Crippen LogP contribution < -0.4 is 11.7 Å². The molecule has 0 unspecified atom stereocenters. The molecule has 0 saturated carbocycles. The number of rotatable bonds is 3. The first kappa shape index (κ1) is 23.4. The third kappa shape index (κ3) is 46.8. The van der Waals surface area contributed by atoms with Gasteiger partial charge in [0.25, 0.3) is 0 Å². The molecule has 1 rings (SSSR count). The van der Waals surface area contributed by atoms with E-state index in [4.69, 9.17) is 11.1 Å². The monoisotopic (exact) mass is 295 g/mol. The van der Waals surface area contributed by atoms with E-state index >= 15 is 0 Å². The fraction of sp³-hybridized carbons (Fsp3) is 0.333. The highest BCUT2D eigenvalue weighted by molar-refractivity contribution is 5.53. The van der Waals surface area contributed by atoms with Crippen molar-refractivity contribution >= 4 is 12.7 Å². The van der Waals surface area contributed by atoms with Gasteiger partial charge in [-0.1, -0.05) is 43.3 Å². The van der Waals surface area contributed by atoms with E-state index in [9.17, 15) is 0 Å². The predicted octanol–water partition coefficient (Wildman–Crippen LogP) is 2.09. The molecule has 0 saturated heterocycles. The molecule has 0 spiro atoms. The summed E-state index contributed by atoms with van der Waals surface area (Å²) in [5, 5.41) is 11.1. The molecule has 0 amide bonds. The van der Waals surface area contributed by atoms with Gasteiger partial charge in [-0.3, -0.25) is 0 Å². The van der Waals surface area contributed by atoms with E-state index in [0.717, 1.165) is 19.2 Å². The van der Waals surface area contributed by atoms with Gasteiger partial charge in [0.05, 0.1) is 0 Å². The highest BCUT2D eigenvalue weighted by atomic mass is 15.2. The van der Waals surface area contributed by atoms with Gasteiger partial charge in [-0.05, 0) is 20.6 Å². The van der Waals surface area contributed by atoms with Gasteiger partial charge in [0.1, 0.15) is 0 Å². The molecule has 0 fully saturated rings. The van der Waals surface area contributed by atoms with Crippen LogP contribution in [0.4, 0.5) is 0 Å². The van der Waals surface area contributed by atoms with Gasteiger partial charge in [-0.25, -0.2) is 11.1 Å². The van der Waals surface area contributed by atoms with Crippen LogP contribution in [0.25, 0.3) is 0 Å². The lowest BCUT2D eigenvalue weighted by molar-refractivity contribution is 0.434. The number of benzene rings is 1. The molecule has 9 nitrogen and oxygen atoms in total. The molecule has 1 aromatic carbocycles. The van der Waals surface area contributed by atoms with Crippen molar-refractivity contribution in [1.29, 1.82) is 11.1 Å². The Morgan fingerprint density at radius 3 is 1.14 bits per heavy atom. The van der Waals surface area contributed by atoms with Crippen LogP contribution in [-0.2, 0) is 0 Å². The van der Waals surface area contributed by atoms with Crippen LogP contribution in [0.5, 0.6) is 0 Å². The van der Waals surface area contributed by atoms with Crippen LogP contribution in [0.2, 0.25) is 0 Å². The highest BCUT2D eigenvalue weighted by Gasteiger charge is 1.72. The van der Waals surface area contributed by atoms with Crippen LogP contribution >= 0.6 is 0 Å². The standard InChI is InChI=1S/C6H6.C4H11N.2CH4N4/c1-2-4-6-5-3-1;1-4-5(2)3;2*2-4-1-5-3/h1-6H;4H2,1-3H3;2*1-2H,3H2. The minimum absolute atomic E-state index is 0.944. The predicted molar refractivity (Wildman–Crippen MR) is 86.3 cm³/mol.